The molecule has 6 nitrogen and oxygen atoms in total. The van der Waals surface area contributed by atoms with Gasteiger partial charge in [0.25, 0.3) is 0 Å². The van der Waals surface area contributed by atoms with Crippen LogP contribution in [0.2, 0.25) is 0 Å². The predicted octanol–water partition coefficient (Wildman–Crippen LogP) is 3.80. The average Bonchev–Trinajstić information content (AvgIpc) is 2.62. The van der Waals surface area contributed by atoms with Gasteiger partial charge in [-0.25, -0.2) is 9.98 Å². The maximum atomic E-state index is 12.3. The van der Waals surface area contributed by atoms with Gasteiger partial charge in [0.1, 0.15) is 17.7 Å². The van der Waals surface area contributed by atoms with E-state index < -0.39 is 12.7 Å². The summed E-state index contributed by atoms with van der Waals surface area (Å²) in [5.41, 5.74) is 1.59. The van der Waals surface area contributed by atoms with Gasteiger partial charge in [-0.3, -0.25) is 0 Å². The summed E-state index contributed by atoms with van der Waals surface area (Å²) >= 11 is 0. The quantitative estimate of drug-likeness (QED) is 0.542. The van der Waals surface area contributed by atoms with Crippen molar-refractivity contribution in [1.29, 1.82) is 5.26 Å². The van der Waals surface area contributed by atoms with Gasteiger partial charge >= 0.3 is 6.61 Å². The first kappa shape index (κ1) is 20.0. The van der Waals surface area contributed by atoms with E-state index in [0.29, 0.717) is 42.6 Å². The molecule has 0 saturated heterocycles. The Bertz CT molecular complexity index is 668. The lowest BCUT2D eigenvalue weighted by Gasteiger charge is -2.28. The lowest BCUT2D eigenvalue weighted by Crippen LogP contribution is -2.29. The highest BCUT2D eigenvalue weighted by molar-refractivity contribution is 5.63. The minimum Gasteiger partial charge on any atom is -0.473 e. The Labute approximate surface area is 152 Å². The topological polar surface area (TPSA) is 70.7 Å². The van der Waals surface area contributed by atoms with Crippen molar-refractivity contribution in [2.75, 3.05) is 13.6 Å². The molecule has 1 aliphatic rings. The van der Waals surface area contributed by atoms with Crippen molar-refractivity contribution in [2.45, 2.75) is 58.4 Å². The standard InChI is InChI=1S/C18H24F2N4O2/c1-4-24(3)11-22-16-9-13(10-21)17(23-12(16)2)25-14-5-7-15(8-6-14)26-18(19)20/h9,11,14-15,18H,4-8H2,1-3H3/t14-,15-. The first-order chi connectivity index (χ1) is 12.4. The molecule has 0 aliphatic heterocycles. The van der Waals surface area contributed by atoms with Gasteiger partial charge in [0.15, 0.2) is 0 Å². The van der Waals surface area contributed by atoms with Gasteiger partial charge in [0.05, 0.1) is 23.8 Å². The molecule has 2 rings (SSSR count). The van der Waals surface area contributed by atoms with Crippen LogP contribution in [0.25, 0.3) is 0 Å². The van der Waals surface area contributed by atoms with Gasteiger partial charge in [-0.2, -0.15) is 14.0 Å². The minimum atomic E-state index is -2.74. The largest absolute Gasteiger partial charge is 0.473 e. The number of aromatic nitrogens is 1. The number of pyridine rings is 1. The molecule has 26 heavy (non-hydrogen) atoms. The van der Waals surface area contributed by atoms with Crippen LogP contribution in [-0.2, 0) is 4.74 Å². The van der Waals surface area contributed by atoms with Crippen LogP contribution in [0.15, 0.2) is 11.1 Å². The second-order valence-electron chi connectivity index (χ2n) is 6.29. The third kappa shape index (κ3) is 5.63. The Morgan fingerprint density at radius 3 is 2.62 bits per heavy atom. The number of nitriles is 1. The van der Waals surface area contributed by atoms with E-state index in [1.54, 1.807) is 19.3 Å². The summed E-state index contributed by atoms with van der Waals surface area (Å²) in [4.78, 5) is 10.6. The molecule has 0 aromatic carbocycles. The highest BCUT2D eigenvalue weighted by Gasteiger charge is 2.26. The zero-order valence-corrected chi connectivity index (χ0v) is 15.3. The van der Waals surface area contributed by atoms with E-state index in [4.69, 9.17) is 4.74 Å². The Hall–Kier alpha value is -2.27. The fourth-order valence-electron chi connectivity index (χ4n) is 2.71. The van der Waals surface area contributed by atoms with Crippen molar-refractivity contribution in [2.24, 2.45) is 4.99 Å². The number of hydrogen-bond donors (Lipinski definition) is 0. The van der Waals surface area contributed by atoms with Gasteiger partial charge < -0.3 is 14.4 Å². The Morgan fingerprint density at radius 1 is 1.38 bits per heavy atom. The summed E-state index contributed by atoms with van der Waals surface area (Å²) in [6, 6.07) is 3.75. The van der Waals surface area contributed by atoms with Crippen LogP contribution in [0.4, 0.5) is 14.5 Å². The molecule has 0 atom stereocenters. The summed E-state index contributed by atoms with van der Waals surface area (Å²) in [5, 5.41) is 9.39. The number of rotatable bonds is 7. The van der Waals surface area contributed by atoms with Gasteiger partial charge in [-0.05, 0) is 45.6 Å². The molecule has 142 valence electrons. The van der Waals surface area contributed by atoms with Crippen molar-refractivity contribution in [3.8, 4) is 11.9 Å². The van der Waals surface area contributed by atoms with Crippen LogP contribution in [0.5, 0.6) is 5.88 Å². The molecule has 1 fully saturated rings. The average molecular weight is 366 g/mol. The van der Waals surface area contributed by atoms with Gasteiger partial charge in [0, 0.05) is 13.6 Å². The normalized spacial score (nSPS) is 20.3. The first-order valence-corrected chi connectivity index (χ1v) is 8.69. The second-order valence-corrected chi connectivity index (χ2v) is 6.29. The number of nitrogens with zero attached hydrogens (tertiary/aromatic N) is 4. The minimum absolute atomic E-state index is 0.160. The van der Waals surface area contributed by atoms with E-state index in [2.05, 4.69) is 20.8 Å². The van der Waals surface area contributed by atoms with Crippen LogP contribution in [0, 0.1) is 18.3 Å². The molecule has 0 radical (unpaired) electrons. The van der Waals surface area contributed by atoms with Crippen molar-refractivity contribution < 1.29 is 18.3 Å². The van der Waals surface area contributed by atoms with Gasteiger partial charge in [-0.15, -0.1) is 0 Å². The molecule has 1 aromatic heterocycles. The molecule has 0 bridgehead atoms. The highest BCUT2D eigenvalue weighted by Crippen LogP contribution is 2.29. The maximum absolute atomic E-state index is 12.3. The third-order valence-corrected chi connectivity index (χ3v) is 4.36. The number of ether oxygens (including phenoxy) is 2. The van der Waals surface area contributed by atoms with Crippen molar-refractivity contribution >= 4 is 12.0 Å². The van der Waals surface area contributed by atoms with E-state index in [0.717, 1.165) is 6.54 Å². The van der Waals surface area contributed by atoms with Crippen molar-refractivity contribution in [3.63, 3.8) is 0 Å². The highest BCUT2D eigenvalue weighted by atomic mass is 19.3. The molecule has 1 aromatic rings. The van der Waals surface area contributed by atoms with Gasteiger partial charge in [-0.1, -0.05) is 0 Å². The Balaban J connectivity index is 2.05. The van der Waals surface area contributed by atoms with Crippen LogP contribution in [-0.4, -0.2) is 48.6 Å². The second kappa shape index (κ2) is 9.43. The molecular formula is C18H24F2N4O2. The lowest BCUT2D eigenvalue weighted by atomic mass is 9.95. The van der Waals surface area contributed by atoms with Crippen LogP contribution >= 0.6 is 0 Å². The van der Waals surface area contributed by atoms with Crippen molar-refractivity contribution in [1.82, 2.24) is 9.88 Å². The summed E-state index contributed by atoms with van der Waals surface area (Å²) in [6.07, 6.45) is 3.27. The zero-order valence-electron chi connectivity index (χ0n) is 15.3. The molecular weight excluding hydrogens is 342 g/mol. The monoisotopic (exact) mass is 366 g/mol. The molecule has 8 heteroatoms. The SMILES string of the molecule is CCN(C)C=Nc1cc(C#N)c(O[C@H]2CC[C@H](OC(F)F)CC2)nc1C. The molecule has 0 unspecified atom stereocenters. The number of aliphatic imine (C=N–C) groups is 1. The smallest absolute Gasteiger partial charge is 0.345 e. The van der Waals surface area contributed by atoms with E-state index in [1.165, 1.54) is 0 Å². The number of alkyl halides is 2. The fourth-order valence-corrected chi connectivity index (χ4v) is 2.71. The Kier molecular flexibility index (Phi) is 7.27. The molecule has 1 aliphatic carbocycles. The van der Waals surface area contributed by atoms with E-state index in [9.17, 15) is 14.0 Å². The Morgan fingerprint density at radius 2 is 2.04 bits per heavy atom. The summed E-state index contributed by atoms with van der Waals surface area (Å²) in [5.74, 6) is 0.269. The number of aryl methyl sites for hydroxylation is 1. The molecule has 1 saturated carbocycles. The number of hydrogen-bond acceptors (Lipinski definition) is 5. The summed E-state index contributed by atoms with van der Waals surface area (Å²) in [6.45, 7) is 1.89. The van der Waals surface area contributed by atoms with Crippen LogP contribution in [0.1, 0.15) is 43.9 Å². The van der Waals surface area contributed by atoms with Gasteiger partial charge in [0.2, 0.25) is 5.88 Å². The zero-order chi connectivity index (χ0) is 19.1. The van der Waals surface area contributed by atoms with E-state index >= 15 is 0 Å². The number of halogens is 2. The predicted molar refractivity (Wildman–Crippen MR) is 93.9 cm³/mol. The van der Waals surface area contributed by atoms with E-state index in [1.807, 2.05) is 18.9 Å². The summed E-state index contributed by atoms with van der Waals surface area (Å²) in [7, 11) is 1.91. The van der Waals surface area contributed by atoms with E-state index in [-0.39, 0.29) is 12.0 Å². The maximum Gasteiger partial charge on any atom is 0.345 e. The fraction of sp³-hybridized carbons (Fsp3) is 0.611. The summed E-state index contributed by atoms with van der Waals surface area (Å²) < 4.78 is 35.0. The molecule has 0 amide bonds. The lowest BCUT2D eigenvalue weighted by molar-refractivity contribution is -0.173. The molecule has 0 N–H and O–H groups in total. The first-order valence-electron chi connectivity index (χ1n) is 8.69. The molecule has 1 heterocycles. The molecule has 0 spiro atoms. The van der Waals surface area contributed by atoms with Crippen LogP contribution < -0.4 is 4.74 Å². The van der Waals surface area contributed by atoms with Crippen molar-refractivity contribution in [3.05, 3.63) is 17.3 Å². The van der Waals surface area contributed by atoms with Crippen LogP contribution in [0.3, 0.4) is 0 Å². The third-order valence-electron chi connectivity index (χ3n) is 4.36.